The van der Waals surface area contributed by atoms with E-state index in [9.17, 15) is 50.4 Å². The van der Waals surface area contributed by atoms with Crippen LogP contribution in [0.4, 0.5) is 0 Å². The molecule has 0 saturated carbocycles. The van der Waals surface area contributed by atoms with Crippen LogP contribution in [0, 0.1) is 47.3 Å². The topological polar surface area (TPSA) is 288 Å². The van der Waals surface area contributed by atoms with Gasteiger partial charge >= 0.3 is 11.9 Å². The molecule has 0 amide bonds. The Morgan fingerprint density at radius 2 is 0.809 bits per heavy atom. The van der Waals surface area contributed by atoms with Crippen LogP contribution in [0.3, 0.4) is 0 Å². The number of aliphatic hydroxyl groups is 8. The zero-order chi connectivity index (χ0) is 69.7. The molecule has 4 bridgehead atoms. The highest BCUT2D eigenvalue weighted by molar-refractivity contribution is 5.88. The largest absolute Gasteiger partial charge is 0.458 e. The van der Waals surface area contributed by atoms with Crippen molar-refractivity contribution in [2.24, 2.45) is 47.3 Å². The lowest BCUT2D eigenvalue weighted by atomic mass is 9.78. The number of esters is 2. The van der Waals surface area contributed by atoms with Crippen LogP contribution >= 0.6 is 0 Å². The summed E-state index contributed by atoms with van der Waals surface area (Å²) < 4.78 is 61.5. The second-order valence-corrected chi connectivity index (χ2v) is 29.5. The minimum Gasteiger partial charge on any atom is -0.458 e. The van der Waals surface area contributed by atoms with E-state index in [-0.39, 0.29) is 110 Å². The Labute approximate surface area is 563 Å². The number of hydrogen-bond donors (Lipinski definition) is 8. The molecule has 0 aromatic carbocycles. The third-order valence-electron chi connectivity index (χ3n) is 21.9. The summed E-state index contributed by atoms with van der Waals surface area (Å²) in [6, 6.07) is 0. The fourth-order valence-electron chi connectivity index (χ4n) is 15.0. The number of carbonyl (C=O) groups is 2. The number of hydrogen-bond acceptors (Lipinski definition) is 20. The lowest BCUT2D eigenvalue weighted by Crippen LogP contribution is -2.46. The van der Waals surface area contributed by atoms with Gasteiger partial charge in [0.15, 0.2) is 0 Å². The SMILES string of the molecule is CO[C@H]1C[C@H](CC[C@H](C)[C@H](O)[C@H](C)[C@H]2OC(=O)/C(C)=C\C[C@H](O)C[C@@H]3C=CC[C@@H](C[C@H](OC)[C@@H](C)[C@@H](O)C[C@@H](O)[C@H](C)[C@@H]([C@@H](C)[C@@H](O)[C@@H](C)CC[C@H]4C[C@H](OC)C[C@H](C)O4)OC(=O)/C(C)=C\C[C@H](O)C[C@@H]4C=CC[C@@H](C[C@H](OC)[C@@H](C)[C@@H](O)C[C@@H](O)[C@@H]2C)O4)O3)O[C@@H](C)C1. The summed E-state index contributed by atoms with van der Waals surface area (Å²) in [6.45, 7) is 22.1. The molecule has 2 saturated heterocycles. The minimum atomic E-state index is -1.18. The van der Waals surface area contributed by atoms with Gasteiger partial charge in [-0.25, -0.2) is 9.59 Å². The summed E-state index contributed by atoms with van der Waals surface area (Å²) in [5.41, 5.74) is 0.470. The number of fused-ring (bicyclic) bond motifs is 4. The molecule has 30 atom stereocenters. The number of rotatable bonds is 16. The Kier molecular flexibility index (Phi) is 35.3. The van der Waals surface area contributed by atoms with Gasteiger partial charge in [0.1, 0.15) is 12.2 Å². The van der Waals surface area contributed by atoms with Crippen molar-refractivity contribution in [3.05, 3.63) is 47.6 Å². The standard InChI is InChI=1S/C74H128O20/c1-41(25-29-59-35-61(85-13)31-45(5)89-59)69(81)51(11)71-49(9)65(79)39-63(77)47(7)67(87-15)37-57-21-18-20-56(92-57)34-54(76)28-24-44(4)74(84)94-72(52(12)70(82)42(2)26-30-60-36-62(86-14)32-46(6)90-60)50(10)66(80)40-64(78)48(8)68(88-16)38-58-22-17-19-55(91-58)33-53(75)27-23-43(3)73(83)93-71/h17-20,23-24,41-42,45-72,75-82H,21-22,25-40H2,1-16H3/b43-23-,44-24-/t41-,42-,45-,46-,47-,48-,49-,50-,51-,52-,53-,54-,55-,56-,57-,58-,59-,60-,61+,62+,63-,64-,65+,66+,67-,68-,69-,70-,71-,72-/m0/s1. The number of carbonyl (C=O) groups excluding carboxylic acids is 2. The van der Waals surface area contributed by atoms with Crippen molar-refractivity contribution in [2.45, 2.75) is 333 Å². The van der Waals surface area contributed by atoms with Crippen molar-refractivity contribution < 1.29 is 97.8 Å². The van der Waals surface area contributed by atoms with Gasteiger partial charge in [-0.1, -0.05) is 91.8 Å². The number of methoxy groups -OCH3 is 4. The molecule has 5 aliphatic heterocycles. The molecule has 0 radical (unpaired) electrons. The van der Waals surface area contributed by atoms with Crippen molar-refractivity contribution >= 4 is 11.9 Å². The summed E-state index contributed by atoms with van der Waals surface area (Å²) in [7, 11) is 6.56. The normalized spacial score (nSPS) is 41.4. The lowest BCUT2D eigenvalue weighted by molar-refractivity contribution is -0.160. The van der Waals surface area contributed by atoms with Gasteiger partial charge in [0.25, 0.3) is 0 Å². The third-order valence-corrected chi connectivity index (χ3v) is 21.9. The van der Waals surface area contributed by atoms with Crippen molar-refractivity contribution in [2.75, 3.05) is 28.4 Å². The Morgan fingerprint density at radius 1 is 0.457 bits per heavy atom. The third kappa shape index (κ3) is 25.5. The van der Waals surface area contributed by atoms with Crippen LogP contribution in [0.15, 0.2) is 47.6 Å². The van der Waals surface area contributed by atoms with Crippen LogP contribution in [0.1, 0.15) is 199 Å². The average Bonchev–Trinajstić information content (AvgIpc) is 0.891. The van der Waals surface area contributed by atoms with Crippen LogP contribution in [0.5, 0.6) is 0 Å². The fraction of sp³-hybridized carbons (Fsp3) is 0.865. The number of aliphatic hydroxyl groups excluding tert-OH is 8. The second-order valence-electron chi connectivity index (χ2n) is 29.5. The summed E-state index contributed by atoms with van der Waals surface area (Å²) in [5, 5.41) is 94.8. The van der Waals surface area contributed by atoms with Crippen molar-refractivity contribution in [3.8, 4) is 0 Å². The van der Waals surface area contributed by atoms with Gasteiger partial charge in [-0.15, -0.1) is 0 Å². The van der Waals surface area contributed by atoms with E-state index >= 15 is 0 Å². The van der Waals surface area contributed by atoms with E-state index in [0.29, 0.717) is 51.4 Å². The van der Waals surface area contributed by atoms with E-state index in [1.165, 1.54) is 0 Å². The highest BCUT2D eigenvalue weighted by atomic mass is 16.6. The summed E-state index contributed by atoms with van der Waals surface area (Å²) in [4.78, 5) is 28.4. The molecule has 2 fully saturated rings. The molecule has 5 aliphatic rings. The fourth-order valence-corrected chi connectivity index (χ4v) is 15.0. The quantitative estimate of drug-likeness (QED) is 0.0528. The highest BCUT2D eigenvalue weighted by Crippen LogP contribution is 2.37. The van der Waals surface area contributed by atoms with E-state index < -0.39 is 133 Å². The Hall–Kier alpha value is -2.74. The minimum absolute atomic E-state index is 0.0361. The van der Waals surface area contributed by atoms with Gasteiger partial charge in [0, 0.05) is 101 Å². The van der Waals surface area contributed by atoms with Crippen LogP contribution in [0.25, 0.3) is 0 Å². The van der Waals surface area contributed by atoms with Crippen LogP contribution < -0.4 is 0 Å². The average molecular weight is 1340 g/mol. The molecule has 0 unspecified atom stereocenters. The van der Waals surface area contributed by atoms with Gasteiger partial charge < -0.3 is 88.2 Å². The molecular formula is C74H128O20. The van der Waals surface area contributed by atoms with Crippen molar-refractivity contribution in [1.82, 2.24) is 0 Å². The van der Waals surface area contributed by atoms with Gasteiger partial charge in [-0.3, -0.25) is 0 Å². The first kappa shape index (κ1) is 81.9. The smallest absolute Gasteiger partial charge is 0.333 e. The maximum atomic E-state index is 14.2. The van der Waals surface area contributed by atoms with Crippen molar-refractivity contribution in [1.29, 1.82) is 0 Å². The Bertz CT molecular complexity index is 2160. The zero-order valence-electron chi connectivity index (χ0n) is 60.0. The molecule has 8 N–H and O–H groups in total. The number of cyclic esters (lactones) is 2. The van der Waals surface area contributed by atoms with Crippen LogP contribution in [-0.4, -0.2) is 216 Å². The molecule has 0 aromatic heterocycles. The first-order chi connectivity index (χ1) is 44.5. The number of ether oxygens (including phenoxy) is 10. The van der Waals surface area contributed by atoms with Crippen LogP contribution in [-0.2, 0) is 57.0 Å². The molecule has 94 heavy (non-hydrogen) atoms. The summed E-state index contributed by atoms with van der Waals surface area (Å²) in [5.74, 6) is -5.62. The van der Waals surface area contributed by atoms with E-state index in [1.807, 2.05) is 79.7 Å². The maximum absolute atomic E-state index is 14.2. The molecule has 0 spiro atoms. The summed E-state index contributed by atoms with van der Waals surface area (Å²) >= 11 is 0. The molecule has 5 rings (SSSR count). The van der Waals surface area contributed by atoms with E-state index in [1.54, 1.807) is 68.3 Å². The predicted molar refractivity (Wildman–Crippen MR) is 359 cm³/mol. The molecule has 544 valence electrons. The van der Waals surface area contributed by atoms with Crippen LogP contribution in [0.2, 0.25) is 0 Å². The Morgan fingerprint density at radius 3 is 1.15 bits per heavy atom. The van der Waals surface area contributed by atoms with Gasteiger partial charge in [0.2, 0.25) is 0 Å². The van der Waals surface area contributed by atoms with E-state index in [4.69, 9.17) is 47.4 Å². The maximum Gasteiger partial charge on any atom is 0.333 e. The van der Waals surface area contributed by atoms with E-state index in [2.05, 4.69) is 0 Å². The first-order valence-electron chi connectivity index (χ1n) is 35.7. The zero-order valence-corrected chi connectivity index (χ0v) is 60.0. The molecule has 5 heterocycles. The second kappa shape index (κ2) is 40.5. The highest BCUT2D eigenvalue weighted by Gasteiger charge is 2.43. The lowest BCUT2D eigenvalue weighted by Gasteiger charge is -2.38. The molecule has 0 aliphatic carbocycles. The predicted octanol–water partition coefficient (Wildman–Crippen LogP) is 9.00. The molecular weight excluding hydrogens is 1210 g/mol. The van der Waals surface area contributed by atoms with Gasteiger partial charge in [-0.2, -0.15) is 0 Å². The molecule has 20 heteroatoms. The van der Waals surface area contributed by atoms with Crippen molar-refractivity contribution in [3.63, 3.8) is 0 Å². The first-order valence-corrected chi connectivity index (χ1v) is 35.7. The van der Waals surface area contributed by atoms with E-state index in [0.717, 1.165) is 25.7 Å². The molecule has 20 nitrogen and oxygen atoms in total. The van der Waals surface area contributed by atoms with Gasteiger partial charge in [0.05, 0.1) is 122 Å². The molecule has 0 aromatic rings. The van der Waals surface area contributed by atoms with Gasteiger partial charge in [-0.05, 0) is 129 Å². The Balaban J connectivity index is 1.38. The summed E-state index contributed by atoms with van der Waals surface area (Å²) in [6.07, 6.45) is 6.49. The monoisotopic (exact) mass is 1340 g/mol.